The van der Waals surface area contributed by atoms with E-state index in [1.807, 2.05) is 0 Å². The van der Waals surface area contributed by atoms with Gasteiger partial charge in [0.2, 0.25) is 11.0 Å². The third kappa shape index (κ3) is 5.41. The maximum Gasteiger partial charge on any atom is 0.290 e. The van der Waals surface area contributed by atoms with Crippen LogP contribution >= 0.6 is 23.2 Å². The maximum absolute atomic E-state index is 12.8. The van der Waals surface area contributed by atoms with Crippen LogP contribution in [0.15, 0.2) is 39.8 Å². The van der Waals surface area contributed by atoms with Gasteiger partial charge in [-0.25, -0.2) is 8.42 Å². The topological polar surface area (TPSA) is 99.9 Å². The van der Waals surface area contributed by atoms with Crippen LogP contribution in [0.4, 0.5) is 5.69 Å². The van der Waals surface area contributed by atoms with Crippen molar-refractivity contribution in [1.82, 2.24) is 9.21 Å². The first kappa shape index (κ1) is 23.6. The van der Waals surface area contributed by atoms with E-state index in [2.05, 4.69) is 5.32 Å². The Bertz CT molecular complexity index is 1040. The van der Waals surface area contributed by atoms with Gasteiger partial charge in [-0.3, -0.25) is 9.59 Å². The zero-order valence-corrected chi connectivity index (χ0v) is 19.3. The van der Waals surface area contributed by atoms with E-state index in [0.29, 0.717) is 13.1 Å². The number of sulfonamides is 1. The molecule has 31 heavy (non-hydrogen) atoms. The lowest BCUT2D eigenvalue weighted by atomic mass is 10.2. The fraction of sp³-hybridized carbons (Fsp3) is 0.400. The summed E-state index contributed by atoms with van der Waals surface area (Å²) >= 11 is 12.1. The van der Waals surface area contributed by atoms with Gasteiger partial charge in [-0.15, -0.1) is 0 Å². The van der Waals surface area contributed by atoms with Crippen molar-refractivity contribution < 1.29 is 22.4 Å². The molecule has 0 spiro atoms. The number of carbonyl (C=O) groups excluding carboxylic acids is 2. The van der Waals surface area contributed by atoms with Crippen molar-refractivity contribution in [3.8, 4) is 0 Å². The molecule has 0 aliphatic carbocycles. The third-order valence-electron chi connectivity index (χ3n) is 4.93. The van der Waals surface area contributed by atoms with E-state index in [4.69, 9.17) is 27.6 Å². The van der Waals surface area contributed by atoms with E-state index in [0.717, 1.165) is 19.3 Å². The number of para-hydroxylation sites is 1. The van der Waals surface area contributed by atoms with Crippen LogP contribution in [0.5, 0.6) is 0 Å². The zero-order valence-electron chi connectivity index (χ0n) is 16.9. The van der Waals surface area contributed by atoms with Crippen molar-refractivity contribution in [3.63, 3.8) is 0 Å². The second-order valence-electron chi connectivity index (χ2n) is 7.05. The van der Waals surface area contributed by atoms with E-state index in [-0.39, 0.29) is 39.7 Å². The Morgan fingerprint density at radius 2 is 1.74 bits per heavy atom. The Morgan fingerprint density at radius 1 is 1.10 bits per heavy atom. The lowest BCUT2D eigenvalue weighted by Gasteiger charge is -2.24. The van der Waals surface area contributed by atoms with Crippen LogP contribution in [-0.4, -0.2) is 55.6 Å². The number of hydrogen-bond acceptors (Lipinski definition) is 5. The molecule has 0 bridgehead atoms. The van der Waals surface area contributed by atoms with Gasteiger partial charge in [0.1, 0.15) is 6.54 Å². The number of likely N-dealkylation sites (N-methyl/N-ethyl adjacent to an activating group) is 1. The predicted molar refractivity (Wildman–Crippen MR) is 118 cm³/mol. The number of benzene rings is 1. The van der Waals surface area contributed by atoms with E-state index in [9.17, 15) is 18.0 Å². The van der Waals surface area contributed by atoms with Crippen molar-refractivity contribution in [2.45, 2.75) is 31.3 Å². The summed E-state index contributed by atoms with van der Waals surface area (Å²) < 4.78 is 32.2. The van der Waals surface area contributed by atoms with Crippen LogP contribution in [0, 0.1) is 0 Å². The largest absolute Gasteiger partial charge is 0.438 e. The predicted octanol–water partition coefficient (Wildman–Crippen LogP) is 3.86. The Labute approximate surface area is 191 Å². The number of rotatable bonds is 7. The van der Waals surface area contributed by atoms with E-state index in [1.165, 1.54) is 21.3 Å². The molecule has 11 heteroatoms. The molecule has 0 radical (unpaired) electrons. The van der Waals surface area contributed by atoms with Crippen LogP contribution in [0.3, 0.4) is 0 Å². The van der Waals surface area contributed by atoms with Crippen LogP contribution < -0.4 is 5.32 Å². The highest BCUT2D eigenvalue weighted by Crippen LogP contribution is 2.29. The molecule has 1 saturated heterocycles. The van der Waals surface area contributed by atoms with Gasteiger partial charge in [0, 0.05) is 19.6 Å². The van der Waals surface area contributed by atoms with Gasteiger partial charge >= 0.3 is 0 Å². The molecule has 2 aromatic rings. The quantitative estimate of drug-likeness (QED) is 0.638. The van der Waals surface area contributed by atoms with Crippen LogP contribution in [0.25, 0.3) is 0 Å². The molecule has 1 aliphatic rings. The molecular weight excluding hydrogens is 465 g/mol. The van der Waals surface area contributed by atoms with Gasteiger partial charge in [-0.2, -0.15) is 4.31 Å². The number of halogens is 2. The minimum Gasteiger partial charge on any atom is -0.438 e. The SMILES string of the molecule is CCN(CC(=O)Nc1c(Cl)cccc1Cl)C(=O)c1ccc(S(=O)(=O)N2CCCCC2)o1. The van der Waals surface area contributed by atoms with Crippen LogP contribution in [0.2, 0.25) is 10.0 Å². The number of nitrogens with zero attached hydrogens (tertiary/aromatic N) is 2. The smallest absolute Gasteiger partial charge is 0.290 e. The summed E-state index contributed by atoms with van der Waals surface area (Å²) in [4.78, 5) is 26.5. The van der Waals surface area contributed by atoms with Crippen molar-refractivity contribution in [3.05, 3.63) is 46.1 Å². The second-order valence-corrected chi connectivity index (χ2v) is 9.73. The molecule has 0 saturated carbocycles. The molecule has 168 valence electrons. The normalized spacial score (nSPS) is 14.9. The Balaban J connectivity index is 1.70. The fourth-order valence-electron chi connectivity index (χ4n) is 3.26. The molecule has 3 rings (SSSR count). The minimum atomic E-state index is -3.79. The number of amides is 2. The molecule has 2 heterocycles. The number of carbonyl (C=O) groups is 2. The van der Waals surface area contributed by atoms with Crippen molar-refractivity contribution in [2.75, 3.05) is 31.5 Å². The summed E-state index contributed by atoms with van der Waals surface area (Å²) in [6.45, 7) is 2.47. The Morgan fingerprint density at radius 3 is 2.35 bits per heavy atom. The first-order chi connectivity index (χ1) is 14.7. The molecular formula is C20H23Cl2N3O5S. The highest BCUT2D eigenvalue weighted by molar-refractivity contribution is 7.89. The van der Waals surface area contributed by atoms with Gasteiger partial charge in [-0.05, 0) is 44.0 Å². The average Bonchev–Trinajstić information content (AvgIpc) is 3.26. The molecule has 0 atom stereocenters. The van der Waals surface area contributed by atoms with Crippen LogP contribution in [0.1, 0.15) is 36.7 Å². The molecule has 1 aromatic carbocycles. The van der Waals surface area contributed by atoms with E-state index >= 15 is 0 Å². The highest BCUT2D eigenvalue weighted by atomic mass is 35.5. The molecule has 1 aliphatic heterocycles. The lowest BCUT2D eigenvalue weighted by Crippen LogP contribution is -2.38. The van der Waals surface area contributed by atoms with E-state index in [1.54, 1.807) is 25.1 Å². The average molecular weight is 488 g/mol. The Hall–Kier alpha value is -2.07. The number of nitrogens with one attached hydrogen (secondary N) is 1. The standard InChI is InChI=1S/C20H23Cl2N3O5S/c1-2-24(13-17(26)23-19-14(21)7-6-8-15(19)22)20(27)16-9-10-18(30-16)31(28,29)25-11-4-3-5-12-25/h6-10H,2-5,11-13H2,1H3,(H,23,26). The zero-order chi connectivity index (χ0) is 22.6. The first-order valence-corrected chi connectivity index (χ1v) is 12.1. The summed E-state index contributed by atoms with van der Waals surface area (Å²) in [6.07, 6.45) is 2.57. The summed E-state index contributed by atoms with van der Waals surface area (Å²) in [7, 11) is -3.79. The highest BCUT2D eigenvalue weighted by Gasteiger charge is 2.30. The fourth-order valence-corrected chi connectivity index (χ4v) is 5.18. The number of anilines is 1. The summed E-state index contributed by atoms with van der Waals surface area (Å²) in [5, 5.41) is 2.86. The van der Waals surface area contributed by atoms with Gasteiger partial charge in [0.15, 0.2) is 5.76 Å². The van der Waals surface area contributed by atoms with Crippen molar-refractivity contribution >= 4 is 50.7 Å². The molecule has 2 amide bonds. The number of hydrogen-bond donors (Lipinski definition) is 1. The monoisotopic (exact) mass is 487 g/mol. The van der Waals surface area contributed by atoms with Gasteiger partial charge in [0.25, 0.3) is 15.9 Å². The van der Waals surface area contributed by atoms with Gasteiger partial charge < -0.3 is 14.6 Å². The molecule has 1 aromatic heterocycles. The summed E-state index contributed by atoms with van der Waals surface area (Å²) in [5.41, 5.74) is 0.257. The molecule has 1 fully saturated rings. The van der Waals surface area contributed by atoms with Crippen molar-refractivity contribution in [2.24, 2.45) is 0 Å². The molecule has 8 nitrogen and oxygen atoms in total. The second kappa shape index (κ2) is 10.0. The van der Waals surface area contributed by atoms with Gasteiger partial charge in [0.05, 0.1) is 15.7 Å². The van der Waals surface area contributed by atoms with Crippen LogP contribution in [-0.2, 0) is 14.8 Å². The summed E-state index contributed by atoms with van der Waals surface area (Å²) in [6, 6.07) is 7.39. The third-order valence-corrected chi connectivity index (χ3v) is 7.33. The van der Waals surface area contributed by atoms with E-state index < -0.39 is 21.8 Å². The summed E-state index contributed by atoms with van der Waals surface area (Å²) in [5.74, 6) is -1.25. The Kier molecular flexibility index (Phi) is 7.64. The van der Waals surface area contributed by atoms with Gasteiger partial charge in [-0.1, -0.05) is 35.7 Å². The number of piperidine rings is 1. The van der Waals surface area contributed by atoms with Crippen molar-refractivity contribution in [1.29, 1.82) is 0 Å². The minimum absolute atomic E-state index is 0.152. The maximum atomic E-state index is 12.8. The lowest BCUT2D eigenvalue weighted by molar-refractivity contribution is -0.116. The molecule has 0 unspecified atom stereocenters. The number of furan rings is 1. The molecule has 1 N–H and O–H groups in total. The first-order valence-electron chi connectivity index (χ1n) is 9.87.